The molecule has 0 radical (unpaired) electrons. The summed E-state index contributed by atoms with van der Waals surface area (Å²) in [6.45, 7) is 1.83. The minimum absolute atomic E-state index is 0.0810. The molecule has 0 bridgehead atoms. The van der Waals surface area contributed by atoms with Gasteiger partial charge in [-0.3, -0.25) is 14.8 Å². The largest absolute Gasteiger partial charge is 0.272 e. The predicted molar refractivity (Wildman–Crippen MR) is 101 cm³/mol. The van der Waals surface area contributed by atoms with Crippen LogP contribution in [0.5, 0.6) is 0 Å². The number of para-hydroxylation sites is 1. The van der Waals surface area contributed by atoms with E-state index in [0.29, 0.717) is 10.9 Å². The molecule has 124 valence electrons. The molecular weight excluding hydrogens is 332 g/mol. The van der Waals surface area contributed by atoms with E-state index in [1.807, 2.05) is 73.0 Å². The zero-order chi connectivity index (χ0) is 17.2. The topological polar surface area (TPSA) is 59.3 Å². The molecule has 4 rings (SSSR count). The van der Waals surface area contributed by atoms with Crippen molar-refractivity contribution in [3.63, 3.8) is 0 Å². The third-order valence-corrected chi connectivity index (χ3v) is 5.17. The number of nitrogens with one attached hydrogen (secondary N) is 1. The fourth-order valence-electron chi connectivity index (χ4n) is 2.63. The molecule has 1 unspecified atom stereocenters. The highest BCUT2D eigenvalue weighted by atomic mass is 32.2. The molecule has 0 spiro atoms. The maximum Gasteiger partial charge on any atom is 0.259 e. The molecule has 1 aromatic heterocycles. The third kappa shape index (κ3) is 3.04. The van der Waals surface area contributed by atoms with Gasteiger partial charge in [-0.1, -0.05) is 48.5 Å². The highest BCUT2D eigenvalue weighted by Crippen LogP contribution is 2.27. The molecule has 2 heterocycles. The number of nitrogens with zero attached hydrogens (tertiary/aromatic N) is 3. The summed E-state index contributed by atoms with van der Waals surface area (Å²) in [4.78, 5) is 17.1. The zero-order valence-corrected chi connectivity index (χ0v) is 14.4. The average molecular weight is 348 g/mol. The molecule has 3 aromatic rings. The van der Waals surface area contributed by atoms with E-state index in [9.17, 15) is 4.79 Å². The van der Waals surface area contributed by atoms with Crippen LogP contribution in [-0.2, 0) is 10.7 Å². The van der Waals surface area contributed by atoms with Crippen LogP contribution in [0.15, 0.2) is 86.6 Å². The lowest BCUT2D eigenvalue weighted by molar-refractivity contribution is 0.804. The lowest BCUT2D eigenvalue weighted by Crippen LogP contribution is -2.21. The van der Waals surface area contributed by atoms with Crippen molar-refractivity contribution < 1.29 is 0 Å². The van der Waals surface area contributed by atoms with Gasteiger partial charge in [-0.15, -0.1) is 4.47 Å². The molecule has 0 fully saturated rings. The summed E-state index contributed by atoms with van der Waals surface area (Å²) < 4.78 is 6.23. The Labute approximate surface area is 147 Å². The highest BCUT2D eigenvalue weighted by molar-refractivity contribution is 7.90. The lowest BCUT2D eigenvalue weighted by atomic mass is 10.2. The van der Waals surface area contributed by atoms with Gasteiger partial charge in [0.2, 0.25) is 0 Å². The molecule has 1 aliphatic rings. The lowest BCUT2D eigenvalue weighted by Gasteiger charge is -2.08. The second-order valence-electron chi connectivity index (χ2n) is 5.61. The van der Waals surface area contributed by atoms with Crippen LogP contribution in [-0.4, -0.2) is 9.55 Å². The van der Waals surface area contributed by atoms with Crippen LogP contribution >= 0.6 is 0 Å². The van der Waals surface area contributed by atoms with Gasteiger partial charge < -0.3 is 0 Å². The molecule has 6 heteroatoms. The Bertz CT molecular complexity index is 1040. The van der Waals surface area contributed by atoms with Gasteiger partial charge in [-0.2, -0.15) is 0 Å². The summed E-state index contributed by atoms with van der Waals surface area (Å²) >= 11 is 0. The van der Waals surface area contributed by atoms with Crippen LogP contribution in [0.25, 0.3) is 5.70 Å². The number of aromatic nitrogens is 2. The van der Waals surface area contributed by atoms with Crippen molar-refractivity contribution in [3.8, 4) is 0 Å². The Balaban J connectivity index is 1.83. The number of aryl methyl sites for hydroxylation is 1. The Morgan fingerprint density at radius 1 is 1.04 bits per heavy atom. The summed E-state index contributed by atoms with van der Waals surface area (Å²) in [6.07, 6.45) is 0. The molecule has 0 saturated heterocycles. The van der Waals surface area contributed by atoms with Crippen molar-refractivity contribution in [2.24, 2.45) is 4.47 Å². The van der Waals surface area contributed by atoms with Gasteiger partial charge in [0.25, 0.3) is 5.56 Å². The molecule has 1 aliphatic heterocycles. The van der Waals surface area contributed by atoms with Crippen LogP contribution in [0.1, 0.15) is 11.3 Å². The van der Waals surface area contributed by atoms with E-state index >= 15 is 0 Å². The van der Waals surface area contributed by atoms with Crippen molar-refractivity contribution in [1.82, 2.24) is 9.55 Å². The van der Waals surface area contributed by atoms with Crippen molar-refractivity contribution in [2.75, 3.05) is 5.43 Å². The first-order chi connectivity index (χ1) is 12.2. The molecule has 0 amide bonds. The summed E-state index contributed by atoms with van der Waals surface area (Å²) in [5.41, 5.74) is 6.40. The van der Waals surface area contributed by atoms with Gasteiger partial charge in [0.15, 0.2) is 5.16 Å². The molecule has 1 atom stereocenters. The van der Waals surface area contributed by atoms with Crippen LogP contribution < -0.4 is 11.0 Å². The number of hydrogen-bond acceptors (Lipinski definition) is 3. The van der Waals surface area contributed by atoms with Gasteiger partial charge in [0, 0.05) is 27.9 Å². The Hall–Kier alpha value is -2.99. The summed E-state index contributed by atoms with van der Waals surface area (Å²) in [5, 5.41) is 2.65. The first kappa shape index (κ1) is 15.5. The summed E-state index contributed by atoms with van der Waals surface area (Å²) in [5.74, 6) is 0. The Kier molecular flexibility index (Phi) is 4.03. The van der Waals surface area contributed by atoms with Crippen LogP contribution in [0, 0.1) is 6.92 Å². The van der Waals surface area contributed by atoms with E-state index in [1.165, 1.54) is 0 Å². The molecule has 0 aliphatic carbocycles. The van der Waals surface area contributed by atoms with Crippen molar-refractivity contribution in [1.29, 1.82) is 0 Å². The first-order valence-electron chi connectivity index (χ1n) is 7.86. The number of benzene rings is 2. The molecular formula is C19H16N4OS. The van der Waals surface area contributed by atoms with E-state index in [0.717, 1.165) is 16.9 Å². The minimum Gasteiger partial charge on any atom is -0.272 e. The van der Waals surface area contributed by atoms with E-state index in [2.05, 4.69) is 14.9 Å². The third-order valence-electron chi connectivity index (χ3n) is 3.78. The average Bonchev–Trinajstić information content (AvgIpc) is 3.00. The fraction of sp³-hybridized carbons (Fsp3) is 0.0526. The molecule has 25 heavy (non-hydrogen) atoms. The number of fused-ring (bicyclic) bond motifs is 1. The van der Waals surface area contributed by atoms with E-state index in [1.54, 1.807) is 10.6 Å². The monoisotopic (exact) mass is 348 g/mol. The Morgan fingerprint density at radius 3 is 2.44 bits per heavy atom. The first-order valence-corrected chi connectivity index (χ1v) is 9.10. The zero-order valence-electron chi connectivity index (χ0n) is 13.6. The Morgan fingerprint density at radius 2 is 1.72 bits per heavy atom. The van der Waals surface area contributed by atoms with Crippen molar-refractivity contribution in [2.45, 2.75) is 12.1 Å². The second kappa shape index (κ2) is 6.49. The molecule has 2 aromatic carbocycles. The van der Waals surface area contributed by atoms with Crippen LogP contribution in [0.3, 0.4) is 0 Å². The standard InChI is InChI=1S/C19H16N4OS/c1-14-12-18(24)23-17(15-8-4-2-5-9-15)13-25(19(23)20-14)22-21-16-10-6-3-7-11-16/h2-13,21H,1H3. The molecule has 0 saturated carbocycles. The highest BCUT2D eigenvalue weighted by Gasteiger charge is 2.23. The SMILES string of the molecule is Cc1cc(=O)n2c(n1)S(=NNc1ccccc1)C=C2c1ccccc1. The van der Waals surface area contributed by atoms with Gasteiger partial charge in [-0.25, -0.2) is 4.98 Å². The van der Waals surface area contributed by atoms with Crippen LogP contribution in [0.4, 0.5) is 5.69 Å². The summed E-state index contributed by atoms with van der Waals surface area (Å²) in [6, 6.07) is 21.1. The van der Waals surface area contributed by atoms with E-state index in [-0.39, 0.29) is 5.56 Å². The van der Waals surface area contributed by atoms with Crippen LogP contribution in [0.2, 0.25) is 0 Å². The van der Waals surface area contributed by atoms with E-state index < -0.39 is 10.7 Å². The summed E-state index contributed by atoms with van der Waals surface area (Å²) in [7, 11) is -0.650. The molecule has 1 N–H and O–H groups in total. The number of hydrogen-bond donors (Lipinski definition) is 1. The van der Waals surface area contributed by atoms with E-state index in [4.69, 9.17) is 0 Å². The van der Waals surface area contributed by atoms with Crippen molar-refractivity contribution >= 4 is 22.1 Å². The minimum atomic E-state index is -0.650. The normalized spacial score (nSPS) is 15.7. The van der Waals surface area contributed by atoms with Gasteiger partial charge >= 0.3 is 0 Å². The van der Waals surface area contributed by atoms with Crippen molar-refractivity contribution in [3.05, 3.63) is 93.7 Å². The maximum atomic E-state index is 12.6. The smallest absolute Gasteiger partial charge is 0.259 e. The molecule has 5 nitrogen and oxygen atoms in total. The maximum absolute atomic E-state index is 12.6. The predicted octanol–water partition coefficient (Wildman–Crippen LogP) is 3.60. The van der Waals surface area contributed by atoms with Gasteiger partial charge in [0.1, 0.15) is 0 Å². The second-order valence-corrected chi connectivity index (χ2v) is 7.02. The van der Waals surface area contributed by atoms with Gasteiger partial charge in [-0.05, 0) is 24.6 Å². The fourth-order valence-corrected chi connectivity index (χ4v) is 4.14. The number of rotatable bonds is 3. The van der Waals surface area contributed by atoms with Gasteiger partial charge in [0.05, 0.1) is 11.4 Å². The quantitative estimate of drug-likeness (QED) is 0.581. The number of anilines is 1.